The summed E-state index contributed by atoms with van der Waals surface area (Å²) in [6.45, 7) is 4.93. The summed E-state index contributed by atoms with van der Waals surface area (Å²) in [6, 6.07) is 33.6. The van der Waals surface area contributed by atoms with E-state index in [2.05, 4.69) is 27.7 Å². The van der Waals surface area contributed by atoms with Crippen LogP contribution in [0.25, 0.3) is 0 Å². The van der Waals surface area contributed by atoms with Gasteiger partial charge < -0.3 is 35.2 Å². The first-order valence-electron chi connectivity index (χ1n) is 16.7. The second-order valence-electron chi connectivity index (χ2n) is 12.7. The van der Waals surface area contributed by atoms with Gasteiger partial charge in [-0.25, -0.2) is 4.79 Å². The summed E-state index contributed by atoms with van der Waals surface area (Å²) in [4.78, 5) is 14.3. The van der Waals surface area contributed by atoms with Crippen LogP contribution in [0, 0.1) is 0 Å². The molecular weight excluding hydrogens is 626 g/mol. The molecule has 0 bridgehead atoms. The van der Waals surface area contributed by atoms with Gasteiger partial charge in [-0.3, -0.25) is 0 Å². The summed E-state index contributed by atoms with van der Waals surface area (Å²) in [5.41, 5.74) is 4.83. The number of hydrogen-bond donors (Lipinski definition) is 4. The summed E-state index contributed by atoms with van der Waals surface area (Å²) in [6.07, 6.45) is 0.0384. The van der Waals surface area contributed by atoms with E-state index in [0.29, 0.717) is 37.5 Å². The summed E-state index contributed by atoms with van der Waals surface area (Å²) in [7, 11) is 0. The zero-order valence-electron chi connectivity index (χ0n) is 27.2. The van der Waals surface area contributed by atoms with Gasteiger partial charge in [0, 0.05) is 49.2 Å². The molecule has 6 rings (SSSR count). The average molecular weight is 670 g/mol. The van der Waals surface area contributed by atoms with Crippen molar-refractivity contribution in [3.8, 4) is 0 Å². The Labute approximate surface area is 287 Å². The molecule has 9 heteroatoms. The molecule has 0 radical (unpaired) electrons. The van der Waals surface area contributed by atoms with Gasteiger partial charge >= 0.3 is 6.03 Å². The molecule has 252 valence electrons. The number of nitrogens with one attached hydrogen (secondary N) is 2. The molecule has 2 saturated heterocycles. The van der Waals surface area contributed by atoms with E-state index >= 15 is 0 Å². The number of ether oxygens (including phenoxy) is 2. The van der Waals surface area contributed by atoms with Gasteiger partial charge in [0.15, 0.2) is 6.29 Å². The van der Waals surface area contributed by atoms with E-state index in [4.69, 9.17) is 21.1 Å². The number of benzene rings is 4. The topological polar surface area (TPSA) is 103 Å². The summed E-state index contributed by atoms with van der Waals surface area (Å²) in [5.74, 6) is -0.111. The Morgan fingerprint density at radius 2 is 1.48 bits per heavy atom. The average Bonchev–Trinajstić information content (AvgIpc) is 3.12. The number of halogens is 1. The Morgan fingerprint density at radius 1 is 0.833 bits per heavy atom. The van der Waals surface area contributed by atoms with Gasteiger partial charge in [0.1, 0.15) is 0 Å². The lowest BCUT2D eigenvalue weighted by Gasteiger charge is -2.46. The smallest absolute Gasteiger partial charge is 0.315 e. The van der Waals surface area contributed by atoms with Crippen LogP contribution in [0.5, 0.6) is 0 Å². The predicted molar refractivity (Wildman–Crippen MR) is 186 cm³/mol. The van der Waals surface area contributed by atoms with Gasteiger partial charge in [0.25, 0.3) is 0 Å². The Kier molecular flexibility index (Phi) is 11.1. The number of urea groups is 1. The van der Waals surface area contributed by atoms with Crippen molar-refractivity contribution in [3.63, 3.8) is 0 Å². The quantitative estimate of drug-likeness (QED) is 0.152. The van der Waals surface area contributed by atoms with Crippen LogP contribution >= 0.6 is 11.6 Å². The van der Waals surface area contributed by atoms with Crippen LogP contribution in [-0.2, 0) is 28.2 Å². The van der Waals surface area contributed by atoms with Crippen molar-refractivity contribution in [2.24, 2.45) is 0 Å². The Morgan fingerprint density at radius 3 is 2.12 bits per heavy atom. The maximum absolute atomic E-state index is 11.9. The van der Waals surface area contributed by atoms with Gasteiger partial charge in [-0.2, -0.15) is 0 Å². The minimum absolute atomic E-state index is 0.0269. The molecule has 2 heterocycles. The van der Waals surface area contributed by atoms with Crippen LogP contribution in [0.15, 0.2) is 103 Å². The minimum Gasteiger partial charge on any atom is -0.392 e. The van der Waals surface area contributed by atoms with Crippen molar-refractivity contribution in [1.29, 1.82) is 0 Å². The summed E-state index contributed by atoms with van der Waals surface area (Å²) < 4.78 is 13.8. The lowest BCUT2D eigenvalue weighted by Crippen LogP contribution is -2.49. The van der Waals surface area contributed by atoms with Crippen molar-refractivity contribution in [1.82, 2.24) is 15.5 Å². The molecule has 0 aliphatic carbocycles. The van der Waals surface area contributed by atoms with Crippen LogP contribution in [0.3, 0.4) is 0 Å². The van der Waals surface area contributed by atoms with Crippen LogP contribution < -0.4 is 10.6 Å². The Hall–Kier alpha value is -3.76. The summed E-state index contributed by atoms with van der Waals surface area (Å²) in [5, 5.41) is 27.6. The maximum Gasteiger partial charge on any atom is 0.315 e. The molecule has 0 aromatic heterocycles. The van der Waals surface area contributed by atoms with Crippen molar-refractivity contribution >= 4 is 17.6 Å². The molecule has 2 amide bonds. The predicted octanol–water partition coefficient (Wildman–Crippen LogP) is 6.57. The Bertz CT molecular complexity index is 1610. The van der Waals surface area contributed by atoms with Crippen molar-refractivity contribution in [2.45, 2.75) is 62.9 Å². The van der Waals surface area contributed by atoms with Crippen molar-refractivity contribution in [2.75, 3.05) is 26.2 Å². The lowest BCUT2D eigenvalue weighted by molar-refractivity contribution is -0.264. The zero-order chi connectivity index (χ0) is 33.5. The first-order valence-corrected chi connectivity index (χ1v) is 17.1. The highest BCUT2D eigenvalue weighted by atomic mass is 35.5. The normalized spacial score (nSPS) is 22.6. The molecule has 4 atom stereocenters. The minimum atomic E-state index is -0.899. The Balaban J connectivity index is 1.27. The van der Waals surface area contributed by atoms with Crippen LogP contribution in [0.2, 0.25) is 5.02 Å². The standard InChI is InChI=1S/C39H44ClN3O5/c1-2-41-38(45)42-24-27-8-14-31(15-9-27)37-47-34(25-43-22-20-39(46,21-23-43)32-16-18-33(40)19-17-32)35(29-6-4-3-5-7-29)36(48-37)30-12-10-28(26-44)11-13-30/h3-19,34-37,44,46H,2,20-26H2,1H3,(H2,41,42,45). The number of amides is 2. The maximum atomic E-state index is 11.9. The summed E-state index contributed by atoms with van der Waals surface area (Å²) >= 11 is 6.12. The lowest BCUT2D eigenvalue weighted by atomic mass is 9.81. The van der Waals surface area contributed by atoms with Gasteiger partial charge in [-0.15, -0.1) is 0 Å². The number of aliphatic hydroxyl groups is 2. The fourth-order valence-electron chi connectivity index (χ4n) is 6.77. The third-order valence-electron chi connectivity index (χ3n) is 9.52. The van der Waals surface area contributed by atoms with E-state index in [9.17, 15) is 15.0 Å². The highest BCUT2D eigenvalue weighted by molar-refractivity contribution is 6.30. The molecule has 4 N–H and O–H groups in total. The van der Waals surface area contributed by atoms with Gasteiger partial charge in [0.2, 0.25) is 0 Å². The van der Waals surface area contributed by atoms with Crippen LogP contribution in [-0.4, -0.2) is 53.4 Å². The third kappa shape index (κ3) is 8.09. The molecular formula is C39H44ClN3O5. The van der Waals surface area contributed by atoms with Crippen molar-refractivity contribution < 1.29 is 24.5 Å². The fraction of sp³-hybridized carbons (Fsp3) is 0.359. The highest BCUT2D eigenvalue weighted by Crippen LogP contribution is 2.47. The fourth-order valence-corrected chi connectivity index (χ4v) is 6.90. The molecule has 0 spiro atoms. The molecule has 2 aliphatic rings. The van der Waals surface area contributed by atoms with Gasteiger partial charge in [-0.1, -0.05) is 103 Å². The van der Waals surface area contributed by atoms with E-state index in [1.807, 2.05) is 97.9 Å². The molecule has 48 heavy (non-hydrogen) atoms. The SMILES string of the molecule is CCNC(=O)NCc1ccc(C2OC(CN3CCC(O)(c4ccc(Cl)cc4)CC3)C(c3ccccc3)C(c3ccc(CO)cc3)O2)cc1. The number of likely N-dealkylation sites (tertiary alicyclic amines) is 1. The number of nitrogens with zero attached hydrogens (tertiary/aromatic N) is 1. The van der Waals surface area contributed by atoms with Crippen LogP contribution in [0.1, 0.15) is 71.5 Å². The number of hydrogen-bond acceptors (Lipinski definition) is 6. The number of carbonyl (C=O) groups is 1. The van der Waals surface area contributed by atoms with Gasteiger partial charge in [-0.05, 0) is 59.7 Å². The second kappa shape index (κ2) is 15.6. The number of carbonyl (C=O) groups excluding carboxylic acids is 1. The molecule has 2 fully saturated rings. The monoisotopic (exact) mass is 669 g/mol. The molecule has 4 unspecified atom stereocenters. The second-order valence-corrected chi connectivity index (χ2v) is 13.1. The van der Waals surface area contributed by atoms with E-state index in [1.165, 1.54) is 0 Å². The molecule has 4 aromatic carbocycles. The largest absolute Gasteiger partial charge is 0.392 e. The molecule has 2 aliphatic heterocycles. The van der Waals surface area contributed by atoms with Gasteiger partial charge in [0.05, 0.1) is 24.4 Å². The molecule has 8 nitrogen and oxygen atoms in total. The molecule has 0 saturated carbocycles. The highest BCUT2D eigenvalue weighted by Gasteiger charge is 2.43. The van der Waals surface area contributed by atoms with Crippen LogP contribution in [0.4, 0.5) is 4.79 Å². The third-order valence-corrected chi connectivity index (χ3v) is 9.77. The van der Waals surface area contributed by atoms with E-state index in [1.54, 1.807) is 0 Å². The van der Waals surface area contributed by atoms with E-state index in [0.717, 1.165) is 46.5 Å². The number of piperidine rings is 1. The number of aliphatic hydroxyl groups excluding tert-OH is 1. The van der Waals surface area contributed by atoms with E-state index < -0.39 is 11.9 Å². The first kappa shape index (κ1) is 34.1. The first-order chi connectivity index (χ1) is 23.3. The number of rotatable bonds is 10. The molecule has 4 aromatic rings. The van der Waals surface area contributed by atoms with Crippen molar-refractivity contribution in [3.05, 3.63) is 142 Å². The zero-order valence-corrected chi connectivity index (χ0v) is 28.0. The van der Waals surface area contributed by atoms with E-state index in [-0.39, 0.29) is 30.8 Å².